The van der Waals surface area contributed by atoms with Crippen LogP contribution in [0.3, 0.4) is 0 Å². The third-order valence-corrected chi connectivity index (χ3v) is 5.03. The van der Waals surface area contributed by atoms with E-state index in [1.165, 1.54) is 0 Å². The van der Waals surface area contributed by atoms with Crippen molar-refractivity contribution < 1.29 is 23.9 Å². The molecule has 0 aliphatic carbocycles. The Labute approximate surface area is 181 Å². The number of likely N-dealkylation sites (tertiary alicyclic amines) is 1. The third-order valence-electron chi connectivity index (χ3n) is 5.03. The molecule has 2 aromatic carbocycles. The molecule has 3 rings (SSSR count). The van der Waals surface area contributed by atoms with Gasteiger partial charge in [-0.3, -0.25) is 4.79 Å². The van der Waals surface area contributed by atoms with Crippen LogP contribution in [0, 0.1) is 5.92 Å². The first-order valence-electron chi connectivity index (χ1n) is 10.2. The Hall–Kier alpha value is -3.55. The van der Waals surface area contributed by atoms with Gasteiger partial charge < -0.3 is 25.0 Å². The monoisotopic (exact) mass is 425 g/mol. The summed E-state index contributed by atoms with van der Waals surface area (Å²) in [5.41, 5.74) is 1.78. The normalized spacial score (nSPS) is 17.6. The molecule has 2 N–H and O–H groups in total. The predicted molar refractivity (Wildman–Crippen MR) is 114 cm³/mol. The SMILES string of the molecule is C[C@@H]1CN(C(=O)OCc2ccccc2)C[C@@H]1NC(=O)CNC(=O)OCc1ccccc1. The molecule has 1 saturated heterocycles. The van der Waals surface area contributed by atoms with E-state index < -0.39 is 12.2 Å². The van der Waals surface area contributed by atoms with Gasteiger partial charge in [-0.15, -0.1) is 0 Å². The fourth-order valence-corrected chi connectivity index (χ4v) is 3.30. The van der Waals surface area contributed by atoms with Crippen LogP contribution in [0.2, 0.25) is 0 Å². The first-order valence-corrected chi connectivity index (χ1v) is 10.2. The molecule has 164 valence electrons. The van der Waals surface area contributed by atoms with E-state index in [2.05, 4.69) is 10.6 Å². The summed E-state index contributed by atoms with van der Waals surface area (Å²) >= 11 is 0. The molecule has 2 atom stereocenters. The van der Waals surface area contributed by atoms with Crippen molar-refractivity contribution in [2.75, 3.05) is 19.6 Å². The third kappa shape index (κ3) is 7.02. The van der Waals surface area contributed by atoms with Gasteiger partial charge in [0.2, 0.25) is 5.91 Å². The van der Waals surface area contributed by atoms with Crippen molar-refractivity contribution in [3.63, 3.8) is 0 Å². The average molecular weight is 425 g/mol. The van der Waals surface area contributed by atoms with Crippen molar-refractivity contribution in [2.24, 2.45) is 5.92 Å². The first kappa shape index (κ1) is 22.1. The second-order valence-electron chi connectivity index (χ2n) is 7.51. The van der Waals surface area contributed by atoms with Crippen molar-refractivity contribution in [1.82, 2.24) is 15.5 Å². The van der Waals surface area contributed by atoms with Crippen LogP contribution in [0.5, 0.6) is 0 Å². The number of hydrogen-bond acceptors (Lipinski definition) is 5. The smallest absolute Gasteiger partial charge is 0.410 e. The van der Waals surface area contributed by atoms with Crippen LogP contribution in [0.1, 0.15) is 18.1 Å². The minimum absolute atomic E-state index is 0.0678. The standard InChI is InChI=1S/C23H27N3O5/c1-17-13-26(23(29)31-16-19-10-6-3-7-11-19)14-20(17)25-21(27)12-24-22(28)30-15-18-8-4-2-5-9-18/h2-11,17,20H,12-16H2,1H3,(H,24,28)(H,25,27)/t17-,20+/m1/s1. The zero-order chi connectivity index (χ0) is 22.1. The summed E-state index contributed by atoms with van der Waals surface area (Å²) in [7, 11) is 0. The molecule has 0 aromatic heterocycles. The Morgan fingerprint density at radius 3 is 2.10 bits per heavy atom. The molecule has 0 unspecified atom stereocenters. The maximum atomic E-state index is 12.3. The molecule has 1 aliphatic heterocycles. The molecule has 1 heterocycles. The van der Waals surface area contributed by atoms with Gasteiger partial charge in [0.15, 0.2) is 0 Å². The Bertz CT molecular complexity index is 875. The fraction of sp³-hybridized carbons (Fsp3) is 0.348. The van der Waals surface area contributed by atoms with E-state index in [1.54, 1.807) is 4.90 Å². The fourth-order valence-electron chi connectivity index (χ4n) is 3.30. The number of benzene rings is 2. The summed E-state index contributed by atoms with van der Waals surface area (Å²) in [5.74, 6) is -0.272. The maximum absolute atomic E-state index is 12.3. The van der Waals surface area contributed by atoms with Crippen LogP contribution < -0.4 is 10.6 Å². The molecule has 8 nitrogen and oxygen atoms in total. The van der Waals surface area contributed by atoms with E-state index >= 15 is 0 Å². The molecule has 1 aliphatic rings. The van der Waals surface area contributed by atoms with Crippen LogP contribution >= 0.6 is 0 Å². The van der Waals surface area contributed by atoms with Crippen molar-refractivity contribution in [2.45, 2.75) is 26.2 Å². The second-order valence-corrected chi connectivity index (χ2v) is 7.51. The van der Waals surface area contributed by atoms with Gasteiger partial charge in [0.05, 0.1) is 6.04 Å². The number of alkyl carbamates (subject to hydrolysis) is 1. The summed E-state index contributed by atoms with van der Waals surface area (Å²) in [6.07, 6.45) is -1.07. The van der Waals surface area contributed by atoms with E-state index in [4.69, 9.17) is 9.47 Å². The lowest BCUT2D eigenvalue weighted by atomic mass is 10.1. The van der Waals surface area contributed by atoms with Gasteiger partial charge >= 0.3 is 12.2 Å². The first-order chi connectivity index (χ1) is 15.0. The number of carbonyl (C=O) groups excluding carboxylic acids is 3. The molecule has 1 fully saturated rings. The summed E-state index contributed by atoms with van der Waals surface area (Å²) < 4.78 is 10.4. The summed E-state index contributed by atoms with van der Waals surface area (Å²) in [4.78, 5) is 37.9. The van der Waals surface area contributed by atoms with Gasteiger partial charge in [0, 0.05) is 13.1 Å². The van der Waals surface area contributed by atoms with Gasteiger partial charge in [0.1, 0.15) is 19.8 Å². The molecule has 2 aromatic rings. The van der Waals surface area contributed by atoms with Gasteiger partial charge in [-0.25, -0.2) is 9.59 Å². The number of carbonyl (C=O) groups is 3. The highest BCUT2D eigenvalue weighted by Gasteiger charge is 2.34. The molecule has 0 spiro atoms. The number of ether oxygens (including phenoxy) is 2. The van der Waals surface area contributed by atoms with Crippen LogP contribution in [-0.4, -0.2) is 48.7 Å². The molecule has 3 amide bonds. The van der Waals surface area contributed by atoms with E-state index in [0.717, 1.165) is 11.1 Å². The van der Waals surface area contributed by atoms with Crippen LogP contribution in [0.15, 0.2) is 60.7 Å². The second kappa shape index (κ2) is 11.0. The molecule has 0 radical (unpaired) electrons. The molecule has 31 heavy (non-hydrogen) atoms. The Kier molecular flexibility index (Phi) is 7.86. The Morgan fingerprint density at radius 2 is 1.48 bits per heavy atom. The number of rotatable bonds is 7. The van der Waals surface area contributed by atoms with Crippen LogP contribution in [0.4, 0.5) is 9.59 Å². The number of nitrogens with zero attached hydrogens (tertiary/aromatic N) is 1. The van der Waals surface area contributed by atoms with Crippen LogP contribution in [-0.2, 0) is 27.5 Å². The quantitative estimate of drug-likeness (QED) is 0.711. The topological polar surface area (TPSA) is 97.0 Å². The van der Waals surface area contributed by atoms with Crippen molar-refractivity contribution in [1.29, 1.82) is 0 Å². The van der Waals surface area contributed by atoms with E-state index in [1.807, 2.05) is 67.6 Å². The van der Waals surface area contributed by atoms with E-state index in [0.29, 0.717) is 13.1 Å². The lowest BCUT2D eigenvalue weighted by Crippen LogP contribution is -2.45. The number of amides is 3. The van der Waals surface area contributed by atoms with Crippen molar-refractivity contribution in [3.05, 3.63) is 71.8 Å². The summed E-state index contributed by atoms with van der Waals surface area (Å²) in [6.45, 7) is 2.95. The van der Waals surface area contributed by atoms with Crippen molar-refractivity contribution in [3.8, 4) is 0 Å². The highest BCUT2D eigenvalue weighted by Crippen LogP contribution is 2.18. The lowest BCUT2D eigenvalue weighted by Gasteiger charge is -2.17. The zero-order valence-electron chi connectivity index (χ0n) is 17.5. The Balaban J connectivity index is 1.36. The molecular formula is C23H27N3O5. The maximum Gasteiger partial charge on any atom is 0.410 e. The molecular weight excluding hydrogens is 398 g/mol. The van der Waals surface area contributed by atoms with E-state index in [-0.39, 0.29) is 37.6 Å². The van der Waals surface area contributed by atoms with Crippen LogP contribution in [0.25, 0.3) is 0 Å². The summed E-state index contributed by atoms with van der Waals surface area (Å²) in [6, 6.07) is 18.5. The number of nitrogens with one attached hydrogen (secondary N) is 2. The molecule has 0 saturated carbocycles. The summed E-state index contributed by atoms with van der Waals surface area (Å²) in [5, 5.41) is 5.29. The lowest BCUT2D eigenvalue weighted by molar-refractivity contribution is -0.121. The number of hydrogen-bond donors (Lipinski definition) is 2. The largest absolute Gasteiger partial charge is 0.445 e. The van der Waals surface area contributed by atoms with E-state index in [9.17, 15) is 14.4 Å². The Morgan fingerprint density at radius 1 is 0.903 bits per heavy atom. The predicted octanol–water partition coefficient (Wildman–Crippen LogP) is 2.69. The van der Waals surface area contributed by atoms with Gasteiger partial charge in [-0.05, 0) is 17.0 Å². The molecule has 0 bridgehead atoms. The van der Waals surface area contributed by atoms with Gasteiger partial charge in [0.25, 0.3) is 0 Å². The molecule has 8 heteroatoms. The highest BCUT2D eigenvalue weighted by molar-refractivity contribution is 5.82. The minimum Gasteiger partial charge on any atom is -0.445 e. The average Bonchev–Trinajstić information content (AvgIpc) is 3.16. The zero-order valence-corrected chi connectivity index (χ0v) is 17.5. The van der Waals surface area contributed by atoms with Gasteiger partial charge in [-0.1, -0.05) is 67.6 Å². The highest BCUT2D eigenvalue weighted by atomic mass is 16.6. The van der Waals surface area contributed by atoms with Gasteiger partial charge in [-0.2, -0.15) is 0 Å². The van der Waals surface area contributed by atoms with Crippen molar-refractivity contribution >= 4 is 18.1 Å². The minimum atomic E-state index is -0.662.